The van der Waals surface area contributed by atoms with Gasteiger partial charge in [0.1, 0.15) is 0 Å². The monoisotopic (exact) mass is 188 g/mol. The van der Waals surface area contributed by atoms with Crippen LogP contribution >= 0.6 is 0 Å². The number of aliphatic hydroxyl groups is 1. The van der Waals surface area contributed by atoms with E-state index in [9.17, 15) is 0 Å². The molecule has 0 fully saturated rings. The molecule has 0 radical (unpaired) electrons. The summed E-state index contributed by atoms with van der Waals surface area (Å²) in [7, 11) is 0. The molecule has 0 bridgehead atoms. The molecule has 0 aliphatic carbocycles. The SMILES string of the molecule is CCC(C)(CC(C)C)OCC(C)O. The van der Waals surface area contributed by atoms with Crippen molar-refractivity contribution in [1.82, 2.24) is 0 Å². The van der Waals surface area contributed by atoms with Gasteiger partial charge in [-0.05, 0) is 32.6 Å². The molecule has 0 aliphatic rings. The van der Waals surface area contributed by atoms with E-state index >= 15 is 0 Å². The van der Waals surface area contributed by atoms with E-state index in [0.29, 0.717) is 12.5 Å². The van der Waals surface area contributed by atoms with Gasteiger partial charge in [0.15, 0.2) is 0 Å². The van der Waals surface area contributed by atoms with Crippen LogP contribution in [0.15, 0.2) is 0 Å². The molecular formula is C11H24O2. The van der Waals surface area contributed by atoms with Crippen LogP contribution in [-0.2, 0) is 4.74 Å². The molecule has 0 rings (SSSR count). The molecular weight excluding hydrogens is 164 g/mol. The summed E-state index contributed by atoms with van der Waals surface area (Å²) in [5.41, 5.74) is -0.0643. The van der Waals surface area contributed by atoms with Crippen molar-refractivity contribution in [3.8, 4) is 0 Å². The Bertz CT molecular complexity index is 132. The van der Waals surface area contributed by atoms with Crippen molar-refractivity contribution >= 4 is 0 Å². The van der Waals surface area contributed by atoms with E-state index in [0.717, 1.165) is 12.8 Å². The summed E-state index contributed by atoms with van der Waals surface area (Å²) in [5.74, 6) is 0.638. The van der Waals surface area contributed by atoms with E-state index in [1.807, 2.05) is 0 Å². The first-order chi connectivity index (χ1) is 5.89. The summed E-state index contributed by atoms with van der Waals surface area (Å²) in [5, 5.41) is 9.12. The van der Waals surface area contributed by atoms with Crippen molar-refractivity contribution < 1.29 is 9.84 Å². The molecule has 0 saturated carbocycles. The van der Waals surface area contributed by atoms with Crippen LogP contribution in [0.4, 0.5) is 0 Å². The van der Waals surface area contributed by atoms with E-state index in [2.05, 4.69) is 27.7 Å². The van der Waals surface area contributed by atoms with Gasteiger partial charge in [-0.2, -0.15) is 0 Å². The number of rotatable bonds is 6. The van der Waals surface area contributed by atoms with Gasteiger partial charge in [-0.15, -0.1) is 0 Å². The molecule has 0 heterocycles. The number of hydrogen-bond acceptors (Lipinski definition) is 2. The van der Waals surface area contributed by atoms with Gasteiger partial charge < -0.3 is 9.84 Å². The second-order valence-electron chi connectivity index (χ2n) is 4.56. The number of hydrogen-bond donors (Lipinski definition) is 1. The second kappa shape index (κ2) is 5.61. The normalized spacial score (nSPS) is 18.7. The highest BCUT2D eigenvalue weighted by Gasteiger charge is 2.24. The summed E-state index contributed by atoms with van der Waals surface area (Å²) < 4.78 is 5.70. The molecule has 2 unspecified atom stereocenters. The Morgan fingerprint density at radius 1 is 1.31 bits per heavy atom. The van der Waals surface area contributed by atoms with E-state index in [1.165, 1.54) is 0 Å². The van der Waals surface area contributed by atoms with Crippen LogP contribution in [0.25, 0.3) is 0 Å². The maximum Gasteiger partial charge on any atom is 0.0745 e. The van der Waals surface area contributed by atoms with Crippen molar-refractivity contribution in [2.45, 2.75) is 59.2 Å². The highest BCUT2D eigenvalue weighted by Crippen LogP contribution is 2.24. The Morgan fingerprint density at radius 3 is 2.15 bits per heavy atom. The van der Waals surface area contributed by atoms with Crippen LogP contribution in [0.2, 0.25) is 0 Å². The molecule has 80 valence electrons. The third-order valence-corrected chi connectivity index (χ3v) is 2.26. The summed E-state index contributed by atoms with van der Waals surface area (Å²) in [4.78, 5) is 0. The van der Waals surface area contributed by atoms with Crippen LogP contribution in [0, 0.1) is 5.92 Å². The molecule has 2 nitrogen and oxygen atoms in total. The zero-order chi connectivity index (χ0) is 10.5. The minimum Gasteiger partial charge on any atom is -0.391 e. The predicted molar refractivity (Wildman–Crippen MR) is 55.8 cm³/mol. The number of aliphatic hydroxyl groups excluding tert-OH is 1. The second-order valence-corrected chi connectivity index (χ2v) is 4.56. The minimum atomic E-state index is -0.363. The Hall–Kier alpha value is -0.0800. The Labute approximate surface area is 82.3 Å². The van der Waals surface area contributed by atoms with Crippen molar-refractivity contribution in [2.24, 2.45) is 5.92 Å². The average Bonchev–Trinajstić information content (AvgIpc) is 2.00. The van der Waals surface area contributed by atoms with Gasteiger partial charge in [0.2, 0.25) is 0 Å². The third kappa shape index (κ3) is 6.05. The quantitative estimate of drug-likeness (QED) is 0.694. The van der Waals surface area contributed by atoms with Gasteiger partial charge in [-0.3, -0.25) is 0 Å². The van der Waals surface area contributed by atoms with Gasteiger partial charge in [-0.1, -0.05) is 20.8 Å². The molecule has 0 aromatic rings. The largest absolute Gasteiger partial charge is 0.391 e. The molecule has 0 aliphatic heterocycles. The molecule has 0 aromatic heterocycles. The van der Waals surface area contributed by atoms with Gasteiger partial charge in [0, 0.05) is 0 Å². The molecule has 2 atom stereocenters. The maximum absolute atomic E-state index is 9.12. The first-order valence-electron chi connectivity index (χ1n) is 5.21. The van der Waals surface area contributed by atoms with E-state index in [1.54, 1.807) is 6.92 Å². The van der Waals surface area contributed by atoms with Gasteiger partial charge >= 0.3 is 0 Å². The van der Waals surface area contributed by atoms with Crippen LogP contribution in [0.3, 0.4) is 0 Å². The molecule has 0 amide bonds. The zero-order valence-electron chi connectivity index (χ0n) is 9.63. The first-order valence-corrected chi connectivity index (χ1v) is 5.21. The van der Waals surface area contributed by atoms with E-state index in [4.69, 9.17) is 9.84 Å². The fraction of sp³-hybridized carbons (Fsp3) is 1.00. The minimum absolute atomic E-state index is 0.0643. The van der Waals surface area contributed by atoms with Crippen molar-refractivity contribution in [2.75, 3.05) is 6.61 Å². The molecule has 0 saturated heterocycles. The zero-order valence-corrected chi connectivity index (χ0v) is 9.63. The van der Waals surface area contributed by atoms with Crippen LogP contribution < -0.4 is 0 Å². The van der Waals surface area contributed by atoms with Crippen molar-refractivity contribution in [3.63, 3.8) is 0 Å². The predicted octanol–water partition coefficient (Wildman–Crippen LogP) is 2.60. The van der Waals surface area contributed by atoms with Crippen molar-refractivity contribution in [3.05, 3.63) is 0 Å². The smallest absolute Gasteiger partial charge is 0.0745 e. The van der Waals surface area contributed by atoms with Crippen LogP contribution in [0.5, 0.6) is 0 Å². The summed E-state index contributed by atoms with van der Waals surface area (Å²) >= 11 is 0. The fourth-order valence-corrected chi connectivity index (χ4v) is 1.49. The highest BCUT2D eigenvalue weighted by atomic mass is 16.5. The maximum atomic E-state index is 9.12. The molecule has 0 aromatic carbocycles. The van der Waals surface area contributed by atoms with Crippen LogP contribution in [0.1, 0.15) is 47.5 Å². The first kappa shape index (κ1) is 12.9. The van der Waals surface area contributed by atoms with Gasteiger partial charge in [0.05, 0.1) is 18.3 Å². The Balaban J connectivity index is 3.96. The summed E-state index contributed by atoms with van der Waals surface area (Å²) in [6.07, 6.45) is 1.69. The highest BCUT2D eigenvalue weighted by molar-refractivity contribution is 4.75. The lowest BCUT2D eigenvalue weighted by Crippen LogP contribution is -2.32. The molecule has 13 heavy (non-hydrogen) atoms. The standard InChI is InChI=1S/C11H24O2/c1-6-11(5,7-9(2)3)13-8-10(4)12/h9-10,12H,6-8H2,1-5H3. The van der Waals surface area contributed by atoms with E-state index in [-0.39, 0.29) is 11.7 Å². The fourth-order valence-electron chi connectivity index (χ4n) is 1.49. The molecule has 1 N–H and O–H groups in total. The van der Waals surface area contributed by atoms with Crippen LogP contribution in [-0.4, -0.2) is 23.4 Å². The lowest BCUT2D eigenvalue weighted by atomic mass is 9.91. The molecule has 2 heteroatoms. The molecule has 0 spiro atoms. The third-order valence-electron chi connectivity index (χ3n) is 2.26. The van der Waals surface area contributed by atoms with Gasteiger partial charge in [0.25, 0.3) is 0 Å². The lowest BCUT2D eigenvalue weighted by molar-refractivity contribution is -0.0778. The average molecular weight is 188 g/mol. The number of ether oxygens (including phenoxy) is 1. The Kier molecular flexibility index (Phi) is 5.57. The summed E-state index contributed by atoms with van der Waals surface area (Å²) in [6, 6.07) is 0. The summed E-state index contributed by atoms with van der Waals surface area (Å²) in [6.45, 7) is 10.8. The Morgan fingerprint density at radius 2 is 1.85 bits per heavy atom. The lowest BCUT2D eigenvalue weighted by Gasteiger charge is -2.31. The van der Waals surface area contributed by atoms with E-state index < -0.39 is 0 Å². The van der Waals surface area contributed by atoms with Gasteiger partial charge in [-0.25, -0.2) is 0 Å². The topological polar surface area (TPSA) is 29.5 Å². The van der Waals surface area contributed by atoms with Crippen molar-refractivity contribution in [1.29, 1.82) is 0 Å².